The third kappa shape index (κ3) is 9.82. The van der Waals surface area contributed by atoms with E-state index in [0.29, 0.717) is 0 Å². The van der Waals surface area contributed by atoms with E-state index in [2.05, 4.69) is 431 Å². The van der Waals surface area contributed by atoms with Crippen molar-refractivity contribution < 1.29 is 0 Å². The molecule has 0 fully saturated rings. The lowest BCUT2D eigenvalue weighted by Crippen LogP contribution is -1.98. The van der Waals surface area contributed by atoms with Gasteiger partial charge in [-0.1, -0.05) is 291 Å². The van der Waals surface area contributed by atoms with Crippen molar-refractivity contribution in [2.45, 2.75) is 0 Å². The molecular formula is C108H68N4. The summed E-state index contributed by atoms with van der Waals surface area (Å²) in [5.41, 5.74) is 24.0. The van der Waals surface area contributed by atoms with Crippen LogP contribution in [0.5, 0.6) is 0 Å². The summed E-state index contributed by atoms with van der Waals surface area (Å²) in [6.45, 7) is 0. The quantitative estimate of drug-likeness (QED) is 0.135. The monoisotopic (exact) mass is 1420 g/mol. The van der Waals surface area contributed by atoms with E-state index in [9.17, 15) is 0 Å². The number of aromatic nitrogens is 4. The van der Waals surface area contributed by atoms with Gasteiger partial charge in [0.05, 0.1) is 49.8 Å². The zero-order valence-corrected chi connectivity index (χ0v) is 61.0. The Hall–Kier alpha value is -14.8. The Morgan fingerprint density at radius 1 is 0.125 bits per heavy atom. The molecule has 24 aromatic rings. The highest BCUT2D eigenvalue weighted by molar-refractivity contribution is 6.31. The fraction of sp³-hybridized carbons (Fsp3) is 0. The lowest BCUT2D eigenvalue weighted by atomic mass is 9.89. The number of nitrogens with zero attached hydrogens (tertiary/aromatic N) is 4. The molecule has 20 aromatic carbocycles. The molecular weight excluding hydrogens is 1350 g/mol. The van der Waals surface area contributed by atoms with E-state index in [1.165, 1.54) is 213 Å². The maximum absolute atomic E-state index is 2.51. The van der Waals surface area contributed by atoms with Crippen molar-refractivity contribution in [2.75, 3.05) is 0 Å². The summed E-state index contributed by atoms with van der Waals surface area (Å²) in [6.07, 6.45) is 0. The fourth-order valence-electron chi connectivity index (χ4n) is 18.8. The van der Waals surface area contributed by atoms with Crippen LogP contribution in [0.4, 0.5) is 0 Å². The Bertz CT molecular complexity index is 7930. The molecule has 520 valence electrons. The Kier molecular flexibility index (Phi) is 14.3. The molecule has 0 atom stereocenters. The van der Waals surface area contributed by atoms with E-state index in [1.54, 1.807) is 0 Å². The van der Waals surface area contributed by atoms with Crippen LogP contribution in [0.3, 0.4) is 0 Å². The van der Waals surface area contributed by atoms with Gasteiger partial charge in [0.25, 0.3) is 0 Å². The maximum Gasteiger partial charge on any atom is 0.0553 e. The molecule has 0 N–H and O–H groups in total. The van der Waals surface area contributed by atoms with Crippen LogP contribution in [0.1, 0.15) is 0 Å². The Morgan fingerprint density at radius 3 is 0.795 bits per heavy atom. The van der Waals surface area contributed by atoms with Crippen molar-refractivity contribution in [3.63, 3.8) is 0 Å². The van der Waals surface area contributed by atoms with Gasteiger partial charge >= 0.3 is 0 Å². The summed E-state index contributed by atoms with van der Waals surface area (Å²) in [5.74, 6) is 0. The van der Waals surface area contributed by atoms with Crippen LogP contribution >= 0.6 is 0 Å². The average molecular weight is 1420 g/mol. The van der Waals surface area contributed by atoms with Crippen LogP contribution in [-0.2, 0) is 0 Å². The van der Waals surface area contributed by atoms with Crippen molar-refractivity contribution in [3.8, 4) is 67.3 Å². The minimum absolute atomic E-state index is 1.16. The summed E-state index contributed by atoms with van der Waals surface area (Å²) in [4.78, 5) is 0. The molecule has 24 rings (SSSR count). The molecule has 0 spiro atoms. The lowest BCUT2D eigenvalue weighted by molar-refractivity contribution is 1.18. The fourth-order valence-corrected chi connectivity index (χ4v) is 18.8. The van der Waals surface area contributed by atoms with Gasteiger partial charge in [-0.05, 0) is 225 Å². The smallest absolute Gasteiger partial charge is 0.0553 e. The number of fused-ring (bicyclic) bond motifs is 24. The Labute approximate surface area is 645 Å². The van der Waals surface area contributed by atoms with Crippen molar-refractivity contribution >= 4 is 152 Å². The van der Waals surface area contributed by atoms with Crippen LogP contribution in [-0.4, -0.2) is 18.3 Å². The molecule has 0 saturated heterocycles. The number of para-hydroxylation sites is 6. The number of rotatable bonds is 8. The lowest BCUT2D eigenvalue weighted by Gasteiger charge is -2.18. The molecule has 112 heavy (non-hydrogen) atoms. The first-order valence-electron chi connectivity index (χ1n) is 38.7. The second-order valence-corrected chi connectivity index (χ2v) is 29.8. The first-order valence-corrected chi connectivity index (χ1v) is 38.7. The first-order chi connectivity index (χ1) is 55.6. The summed E-state index contributed by atoms with van der Waals surface area (Å²) in [6, 6.07) is 152. The highest BCUT2D eigenvalue weighted by Crippen LogP contribution is 2.48. The molecule has 0 saturated carbocycles. The highest BCUT2D eigenvalue weighted by atomic mass is 15.0. The molecule has 0 aliphatic rings. The molecule has 0 unspecified atom stereocenters. The molecule has 0 amide bonds. The number of hydrogen-bond donors (Lipinski definition) is 0. The summed E-state index contributed by atoms with van der Waals surface area (Å²) in [7, 11) is 0. The topological polar surface area (TPSA) is 19.7 Å². The van der Waals surface area contributed by atoms with Crippen LogP contribution in [0.2, 0.25) is 0 Å². The van der Waals surface area contributed by atoms with Crippen LogP contribution in [0, 0.1) is 0 Å². The van der Waals surface area contributed by atoms with E-state index in [0.717, 1.165) is 5.69 Å². The van der Waals surface area contributed by atoms with Crippen LogP contribution in [0.25, 0.3) is 219 Å². The van der Waals surface area contributed by atoms with Crippen molar-refractivity contribution in [1.29, 1.82) is 0 Å². The molecule has 4 heteroatoms. The van der Waals surface area contributed by atoms with Crippen LogP contribution < -0.4 is 0 Å². The number of benzene rings is 20. The first kappa shape index (κ1) is 63.3. The molecule has 4 nitrogen and oxygen atoms in total. The standard InChI is InChI=1S/2C54H34N2/c1-3-15-35(16-4-1)38-33-48-42-21-8-7-19-40(42)41-20-9-10-24-45(41)54(48)53(34-38)56-50-26-14-12-23-44(50)47-32-37(28-30-52(47)56)36-27-29-51-46(31-36)43-22-11-13-25-49(43)55(51)39-17-5-2-6-18-39;1-3-15-35(16-4-1)46-33-39(34-49-42-21-8-7-19-40(42)41-20-9-10-24-45(41)54(46)49)56-51-26-14-12-23-44(51)48-32-37(28-30-53(48)56)36-27-29-52-47(31-36)43-22-11-13-25-50(43)55(52)38-17-5-2-6-18-38/h2*1-34H. The van der Waals surface area contributed by atoms with Gasteiger partial charge in [-0.25, -0.2) is 0 Å². The molecule has 0 aliphatic heterocycles. The zero-order chi connectivity index (χ0) is 73.5. The third-order valence-electron chi connectivity index (χ3n) is 23.7. The third-order valence-corrected chi connectivity index (χ3v) is 23.7. The van der Waals surface area contributed by atoms with E-state index in [4.69, 9.17) is 0 Å². The van der Waals surface area contributed by atoms with Gasteiger partial charge in [-0.15, -0.1) is 0 Å². The van der Waals surface area contributed by atoms with Gasteiger partial charge < -0.3 is 18.3 Å². The highest BCUT2D eigenvalue weighted by Gasteiger charge is 2.24. The van der Waals surface area contributed by atoms with Gasteiger partial charge in [0.15, 0.2) is 0 Å². The van der Waals surface area contributed by atoms with Gasteiger partial charge in [0, 0.05) is 65.5 Å². The Balaban J connectivity index is 0.000000134. The summed E-state index contributed by atoms with van der Waals surface area (Å²) in [5, 5.41) is 25.3. The van der Waals surface area contributed by atoms with Crippen LogP contribution in [0.15, 0.2) is 413 Å². The van der Waals surface area contributed by atoms with E-state index < -0.39 is 0 Å². The molecule has 4 heterocycles. The number of hydrogen-bond acceptors (Lipinski definition) is 0. The van der Waals surface area contributed by atoms with E-state index in [-0.39, 0.29) is 0 Å². The van der Waals surface area contributed by atoms with Gasteiger partial charge in [-0.3, -0.25) is 0 Å². The molecule has 0 radical (unpaired) electrons. The Morgan fingerprint density at radius 2 is 0.393 bits per heavy atom. The normalized spacial score (nSPS) is 11.9. The molecule has 0 bridgehead atoms. The van der Waals surface area contributed by atoms with Gasteiger partial charge in [-0.2, -0.15) is 0 Å². The van der Waals surface area contributed by atoms with Gasteiger partial charge in [0.1, 0.15) is 0 Å². The van der Waals surface area contributed by atoms with Gasteiger partial charge in [0.2, 0.25) is 0 Å². The summed E-state index contributed by atoms with van der Waals surface area (Å²) < 4.78 is 9.75. The second-order valence-electron chi connectivity index (χ2n) is 29.8. The minimum atomic E-state index is 1.16. The largest absolute Gasteiger partial charge is 0.309 e. The second kappa shape index (κ2) is 25.4. The zero-order valence-electron chi connectivity index (χ0n) is 61.0. The maximum atomic E-state index is 2.51. The predicted octanol–water partition coefficient (Wildman–Crippen LogP) is 29.3. The predicted molar refractivity (Wildman–Crippen MR) is 477 cm³/mol. The average Bonchev–Trinajstić information content (AvgIpc) is 1.42. The van der Waals surface area contributed by atoms with E-state index >= 15 is 0 Å². The van der Waals surface area contributed by atoms with Crippen molar-refractivity contribution in [1.82, 2.24) is 18.3 Å². The minimum Gasteiger partial charge on any atom is -0.309 e. The van der Waals surface area contributed by atoms with Crippen molar-refractivity contribution in [3.05, 3.63) is 413 Å². The van der Waals surface area contributed by atoms with Crippen molar-refractivity contribution in [2.24, 2.45) is 0 Å². The SMILES string of the molecule is c1ccc(-c2cc(-n3c4ccccc4c4cc(-c5ccc6c(c5)c5ccccc5n6-c5ccccc5)ccc43)c3c4ccccc4c4ccccc4c3c2)cc1.c1ccc(-c2cc(-n3c4ccccc4c4cc(-c5ccc6c(c5)c5ccccc5n6-c5ccccc5)ccc43)cc3c4ccccc4c4ccccc4c23)cc1. The summed E-state index contributed by atoms with van der Waals surface area (Å²) >= 11 is 0. The van der Waals surface area contributed by atoms with E-state index in [1.807, 2.05) is 0 Å². The molecule has 4 aromatic heterocycles. The molecule has 0 aliphatic carbocycles.